The Morgan fingerprint density at radius 1 is 0.974 bits per heavy atom. The van der Waals surface area contributed by atoms with Gasteiger partial charge in [0.05, 0.1) is 12.5 Å². The Kier molecular flexibility index (Phi) is 6.83. The maximum absolute atomic E-state index is 13.7. The molecule has 192 valence electrons. The number of aryl methyl sites for hydroxylation is 3. The number of hydrogen-bond acceptors (Lipinski definition) is 5. The number of rotatable bonds is 7. The van der Waals surface area contributed by atoms with Crippen LogP contribution < -0.4 is 5.32 Å². The van der Waals surface area contributed by atoms with Crippen LogP contribution in [0.3, 0.4) is 0 Å². The largest absolute Gasteiger partial charge is 0.439 e. The zero-order valence-corrected chi connectivity index (χ0v) is 22.0. The second-order valence-electron chi connectivity index (χ2n) is 9.97. The molecule has 6 nitrogen and oxygen atoms in total. The van der Waals surface area contributed by atoms with Gasteiger partial charge in [0.15, 0.2) is 0 Å². The normalized spacial score (nSPS) is 13.7. The molecular formula is C32H31N3O3. The predicted molar refractivity (Wildman–Crippen MR) is 148 cm³/mol. The van der Waals surface area contributed by atoms with Gasteiger partial charge in [-0.1, -0.05) is 54.1 Å². The van der Waals surface area contributed by atoms with E-state index in [0.29, 0.717) is 28.0 Å². The highest BCUT2D eigenvalue weighted by Crippen LogP contribution is 2.37. The summed E-state index contributed by atoms with van der Waals surface area (Å²) in [4.78, 5) is 22.3. The first-order valence-electron chi connectivity index (χ1n) is 12.7. The van der Waals surface area contributed by atoms with E-state index in [0.717, 1.165) is 22.4 Å². The summed E-state index contributed by atoms with van der Waals surface area (Å²) in [6.45, 7) is 7.66. The smallest absolute Gasteiger partial charge is 0.226 e. The third-order valence-electron chi connectivity index (χ3n) is 6.98. The van der Waals surface area contributed by atoms with Crippen LogP contribution in [0.1, 0.15) is 57.8 Å². The number of aliphatic hydroxyl groups is 1. The molecule has 0 saturated carbocycles. The van der Waals surface area contributed by atoms with Gasteiger partial charge in [0.1, 0.15) is 11.4 Å². The molecule has 1 unspecified atom stereocenters. The molecule has 2 N–H and O–H groups in total. The molecule has 0 aliphatic rings. The Hall–Kier alpha value is -4.29. The second kappa shape index (κ2) is 10.2. The molecule has 0 fully saturated rings. The molecule has 3 aromatic heterocycles. The zero-order valence-electron chi connectivity index (χ0n) is 22.0. The van der Waals surface area contributed by atoms with Crippen molar-refractivity contribution >= 4 is 17.0 Å². The minimum Gasteiger partial charge on any atom is -0.439 e. The molecule has 0 bridgehead atoms. The van der Waals surface area contributed by atoms with E-state index in [9.17, 15) is 9.90 Å². The van der Waals surface area contributed by atoms with Crippen LogP contribution >= 0.6 is 0 Å². The Morgan fingerprint density at radius 2 is 1.76 bits per heavy atom. The number of nitrogens with zero attached hydrogens (tertiary/aromatic N) is 2. The van der Waals surface area contributed by atoms with Gasteiger partial charge in [-0.3, -0.25) is 9.78 Å². The minimum absolute atomic E-state index is 0.0164. The summed E-state index contributed by atoms with van der Waals surface area (Å²) in [5, 5.41) is 15.6. The van der Waals surface area contributed by atoms with Crippen LogP contribution in [0.5, 0.6) is 0 Å². The fraction of sp³-hybridized carbons (Fsp3) is 0.219. The van der Waals surface area contributed by atoms with Crippen molar-refractivity contribution in [2.75, 3.05) is 0 Å². The van der Waals surface area contributed by atoms with Crippen LogP contribution in [0.25, 0.3) is 11.1 Å². The van der Waals surface area contributed by atoms with Crippen molar-refractivity contribution in [1.82, 2.24) is 15.3 Å². The van der Waals surface area contributed by atoms with Gasteiger partial charge < -0.3 is 14.8 Å². The van der Waals surface area contributed by atoms with E-state index in [1.807, 2.05) is 49.4 Å². The SMILES string of the molecule is Cc1ccc([C@@H](NC(=O)Cc2c(C(C)(O)c3ccnc(C)c3)oc3ncccc23)c2ccccc2)c(C)c1. The molecule has 38 heavy (non-hydrogen) atoms. The first-order valence-corrected chi connectivity index (χ1v) is 12.7. The molecule has 1 amide bonds. The van der Waals surface area contributed by atoms with E-state index in [1.165, 1.54) is 5.56 Å². The summed E-state index contributed by atoms with van der Waals surface area (Å²) >= 11 is 0. The Balaban J connectivity index is 1.54. The average Bonchev–Trinajstić information content (AvgIpc) is 3.27. The van der Waals surface area contributed by atoms with Crippen molar-refractivity contribution < 1.29 is 14.3 Å². The van der Waals surface area contributed by atoms with Gasteiger partial charge in [-0.25, -0.2) is 4.98 Å². The van der Waals surface area contributed by atoms with Gasteiger partial charge in [0, 0.05) is 29.0 Å². The number of fused-ring (bicyclic) bond motifs is 1. The van der Waals surface area contributed by atoms with Gasteiger partial charge in [0.2, 0.25) is 11.6 Å². The highest BCUT2D eigenvalue weighted by molar-refractivity contribution is 5.88. The molecule has 0 aliphatic carbocycles. The number of amides is 1. The molecule has 0 aliphatic heterocycles. The maximum atomic E-state index is 13.7. The topological polar surface area (TPSA) is 88.2 Å². The second-order valence-corrected chi connectivity index (χ2v) is 9.97. The molecule has 0 spiro atoms. The van der Waals surface area contributed by atoms with Crippen molar-refractivity contribution in [1.29, 1.82) is 0 Å². The van der Waals surface area contributed by atoms with E-state index < -0.39 is 5.60 Å². The third-order valence-corrected chi connectivity index (χ3v) is 6.98. The lowest BCUT2D eigenvalue weighted by Crippen LogP contribution is -2.32. The van der Waals surface area contributed by atoms with E-state index in [1.54, 1.807) is 31.5 Å². The highest BCUT2D eigenvalue weighted by Gasteiger charge is 2.35. The maximum Gasteiger partial charge on any atom is 0.226 e. The van der Waals surface area contributed by atoms with Crippen molar-refractivity contribution in [2.45, 2.75) is 45.8 Å². The summed E-state index contributed by atoms with van der Waals surface area (Å²) in [6, 6.07) is 23.1. The van der Waals surface area contributed by atoms with Gasteiger partial charge >= 0.3 is 0 Å². The number of hydrogen-bond donors (Lipinski definition) is 2. The lowest BCUT2D eigenvalue weighted by molar-refractivity contribution is -0.121. The van der Waals surface area contributed by atoms with Gasteiger partial charge in [-0.15, -0.1) is 0 Å². The van der Waals surface area contributed by atoms with Crippen molar-refractivity contribution in [2.24, 2.45) is 0 Å². The van der Waals surface area contributed by atoms with Crippen LogP contribution in [0.4, 0.5) is 0 Å². The van der Waals surface area contributed by atoms with Crippen molar-refractivity contribution in [3.63, 3.8) is 0 Å². The van der Waals surface area contributed by atoms with Crippen LogP contribution in [0.15, 0.2) is 89.6 Å². The van der Waals surface area contributed by atoms with E-state index >= 15 is 0 Å². The molecule has 3 heterocycles. The fourth-order valence-corrected chi connectivity index (χ4v) is 5.04. The molecule has 5 aromatic rings. The number of pyridine rings is 2. The molecule has 6 heteroatoms. The third kappa shape index (κ3) is 4.95. The lowest BCUT2D eigenvalue weighted by atomic mass is 9.89. The molecule has 5 rings (SSSR count). The summed E-state index contributed by atoms with van der Waals surface area (Å²) in [5.74, 6) is 0.114. The quantitative estimate of drug-likeness (QED) is 0.290. The van der Waals surface area contributed by atoms with Gasteiger partial charge in [-0.2, -0.15) is 0 Å². The first-order chi connectivity index (χ1) is 18.2. The first kappa shape index (κ1) is 25.4. The van der Waals surface area contributed by atoms with Crippen molar-refractivity contribution in [3.8, 4) is 0 Å². The van der Waals surface area contributed by atoms with Gasteiger partial charge in [-0.05, 0) is 74.2 Å². The fourth-order valence-electron chi connectivity index (χ4n) is 5.04. The number of benzene rings is 2. The molecule has 0 saturated heterocycles. The lowest BCUT2D eigenvalue weighted by Gasteiger charge is -2.24. The van der Waals surface area contributed by atoms with Crippen molar-refractivity contribution in [3.05, 3.63) is 130 Å². The molecule has 0 radical (unpaired) electrons. The predicted octanol–water partition coefficient (Wildman–Crippen LogP) is 5.85. The summed E-state index contributed by atoms with van der Waals surface area (Å²) in [7, 11) is 0. The summed E-state index contributed by atoms with van der Waals surface area (Å²) < 4.78 is 6.10. The monoisotopic (exact) mass is 505 g/mol. The number of aromatic nitrogens is 2. The molecule has 2 atom stereocenters. The Labute approximate surface area is 222 Å². The number of carbonyl (C=O) groups is 1. The van der Waals surface area contributed by atoms with Crippen LogP contribution in [0, 0.1) is 20.8 Å². The number of carbonyl (C=O) groups excluding carboxylic acids is 1. The average molecular weight is 506 g/mol. The van der Waals surface area contributed by atoms with Crippen LogP contribution in [-0.4, -0.2) is 21.0 Å². The highest BCUT2D eigenvalue weighted by atomic mass is 16.4. The number of nitrogens with one attached hydrogen (secondary N) is 1. The van der Waals surface area contributed by atoms with E-state index in [2.05, 4.69) is 47.3 Å². The zero-order chi connectivity index (χ0) is 26.9. The molecule has 2 aromatic carbocycles. The summed E-state index contributed by atoms with van der Waals surface area (Å²) in [5.41, 5.74) is 5.20. The van der Waals surface area contributed by atoms with Gasteiger partial charge in [0.25, 0.3) is 0 Å². The number of furan rings is 1. The Morgan fingerprint density at radius 3 is 2.50 bits per heavy atom. The van der Waals surface area contributed by atoms with E-state index in [4.69, 9.17) is 4.42 Å². The van der Waals surface area contributed by atoms with Crippen LogP contribution in [-0.2, 0) is 16.8 Å². The standard InChI is InChI=1S/C32H31N3O3/c1-20-12-13-25(21(2)17-20)29(23-9-6-5-7-10-23)35-28(36)19-27-26-11-8-15-34-31(26)38-30(27)32(4,37)24-14-16-33-22(3)18-24/h5-18,29,37H,19H2,1-4H3,(H,35,36)/t29-,32?/m0/s1. The molecular weight excluding hydrogens is 474 g/mol. The van der Waals surface area contributed by atoms with E-state index in [-0.39, 0.29) is 18.4 Å². The summed E-state index contributed by atoms with van der Waals surface area (Å²) in [6.07, 6.45) is 3.31. The Bertz CT molecular complexity index is 1610. The minimum atomic E-state index is -1.49. The van der Waals surface area contributed by atoms with Crippen LogP contribution in [0.2, 0.25) is 0 Å².